The SMILES string of the molecule is Cn1cc(CC2NCCc3cc4c(cc32)OCO4)cn1. The summed E-state index contributed by atoms with van der Waals surface area (Å²) in [5.74, 6) is 1.74. The molecule has 104 valence electrons. The Kier molecular flexibility index (Phi) is 2.67. The zero-order valence-corrected chi connectivity index (χ0v) is 11.4. The molecule has 1 aromatic heterocycles. The van der Waals surface area contributed by atoms with Gasteiger partial charge in [0.2, 0.25) is 6.79 Å². The third-order valence-corrected chi connectivity index (χ3v) is 3.99. The van der Waals surface area contributed by atoms with E-state index in [1.807, 2.05) is 17.9 Å². The smallest absolute Gasteiger partial charge is 0.231 e. The lowest BCUT2D eigenvalue weighted by molar-refractivity contribution is 0.174. The minimum atomic E-state index is 0.317. The molecule has 3 heterocycles. The molecule has 0 saturated carbocycles. The molecule has 0 spiro atoms. The minimum Gasteiger partial charge on any atom is -0.454 e. The maximum absolute atomic E-state index is 5.50. The monoisotopic (exact) mass is 271 g/mol. The Morgan fingerprint density at radius 3 is 3.00 bits per heavy atom. The Labute approximate surface area is 117 Å². The van der Waals surface area contributed by atoms with Crippen molar-refractivity contribution < 1.29 is 9.47 Å². The van der Waals surface area contributed by atoms with Crippen molar-refractivity contribution in [3.8, 4) is 11.5 Å². The van der Waals surface area contributed by atoms with Crippen LogP contribution in [0.15, 0.2) is 24.5 Å². The van der Waals surface area contributed by atoms with Gasteiger partial charge in [-0.2, -0.15) is 5.10 Å². The van der Waals surface area contributed by atoms with E-state index in [1.165, 1.54) is 16.7 Å². The Balaban J connectivity index is 1.67. The van der Waals surface area contributed by atoms with Gasteiger partial charge in [0.25, 0.3) is 0 Å². The van der Waals surface area contributed by atoms with Crippen LogP contribution in [0.1, 0.15) is 22.7 Å². The van der Waals surface area contributed by atoms with Crippen LogP contribution in [0, 0.1) is 0 Å². The summed E-state index contributed by atoms with van der Waals surface area (Å²) in [6, 6.07) is 4.58. The molecule has 1 unspecified atom stereocenters. The first-order chi connectivity index (χ1) is 9.79. The van der Waals surface area contributed by atoms with Crippen molar-refractivity contribution in [1.82, 2.24) is 15.1 Å². The van der Waals surface area contributed by atoms with Gasteiger partial charge in [-0.1, -0.05) is 0 Å². The van der Waals surface area contributed by atoms with Crippen LogP contribution in [0.25, 0.3) is 0 Å². The number of aromatic nitrogens is 2. The quantitative estimate of drug-likeness (QED) is 0.901. The van der Waals surface area contributed by atoms with E-state index in [0.717, 1.165) is 30.9 Å². The molecule has 0 radical (unpaired) electrons. The molecule has 1 N–H and O–H groups in total. The van der Waals surface area contributed by atoms with Gasteiger partial charge in [-0.25, -0.2) is 0 Å². The number of aryl methyl sites for hydroxylation is 1. The molecule has 5 heteroatoms. The standard InChI is InChI=1S/C15H17N3O2/c1-18-8-10(7-17-18)4-13-12-6-15-14(19-9-20-15)5-11(12)2-3-16-13/h5-8,13,16H,2-4,9H2,1H3. The largest absolute Gasteiger partial charge is 0.454 e. The lowest BCUT2D eigenvalue weighted by Gasteiger charge is -2.27. The van der Waals surface area contributed by atoms with Crippen LogP contribution >= 0.6 is 0 Å². The fraction of sp³-hybridized carbons (Fsp3) is 0.400. The molecule has 2 aliphatic heterocycles. The topological polar surface area (TPSA) is 48.3 Å². The molecule has 0 amide bonds. The van der Waals surface area contributed by atoms with Gasteiger partial charge in [0, 0.05) is 19.3 Å². The van der Waals surface area contributed by atoms with Crippen LogP contribution in [0.3, 0.4) is 0 Å². The number of hydrogen-bond donors (Lipinski definition) is 1. The van der Waals surface area contributed by atoms with Gasteiger partial charge in [0.15, 0.2) is 11.5 Å². The van der Waals surface area contributed by atoms with E-state index >= 15 is 0 Å². The van der Waals surface area contributed by atoms with E-state index in [0.29, 0.717) is 12.8 Å². The van der Waals surface area contributed by atoms with Gasteiger partial charge >= 0.3 is 0 Å². The van der Waals surface area contributed by atoms with E-state index < -0.39 is 0 Å². The van der Waals surface area contributed by atoms with Crippen molar-refractivity contribution in [2.45, 2.75) is 18.9 Å². The fourth-order valence-corrected chi connectivity index (χ4v) is 3.03. The molecule has 5 nitrogen and oxygen atoms in total. The van der Waals surface area contributed by atoms with Crippen molar-refractivity contribution in [2.75, 3.05) is 13.3 Å². The maximum atomic E-state index is 5.50. The minimum absolute atomic E-state index is 0.317. The number of benzene rings is 1. The van der Waals surface area contributed by atoms with Crippen molar-refractivity contribution in [1.29, 1.82) is 0 Å². The Hall–Kier alpha value is -2.01. The maximum Gasteiger partial charge on any atom is 0.231 e. The zero-order chi connectivity index (χ0) is 13.5. The van der Waals surface area contributed by atoms with E-state index in [9.17, 15) is 0 Å². The Morgan fingerprint density at radius 2 is 2.20 bits per heavy atom. The average Bonchev–Trinajstić information content (AvgIpc) is 3.05. The number of ether oxygens (including phenoxy) is 2. The number of fused-ring (bicyclic) bond motifs is 2. The summed E-state index contributed by atoms with van der Waals surface area (Å²) in [5.41, 5.74) is 3.93. The van der Waals surface area contributed by atoms with Crippen LogP contribution in [0.4, 0.5) is 0 Å². The summed E-state index contributed by atoms with van der Waals surface area (Å²) in [6.07, 6.45) is 5.99. The van der Waals surface area contributed by atoms with Crippen molar-refractivity contribution >= 4 is 0 Å². The van der Waals surface area contributed by atoms with Crippen LogP contribution in [-0.2, 0) is 19.9 Å². The average molecular weight is 271 g/mol. The molecule has 2 aromatic rings. The van der Waals surface area contributed by atoms with Gasteiger partial charge < -0.3 is 14.8 Å². The van der Waals surface area contributed by atoms with Crippen molar-refractivity contribution in [2.24, 2.45) is 7.05 Å². The second-order valence-corrected chi connectivity index (χ2v) is 5.39. The highest BCUT2D eigenvalue weighted by Gasteiger charge is 2.25. The lowest BCUT2D eigenvalue weighted by Crippen LogP contribution is -2.31. The van der Waals surface area contributed by atoms with Crippen LogP contribution in [0.2, 0.25) is 0 Å². The predicted octanol–water partition coefficient (Wildman–Crippen LogP) is 1.58. The molecular formula is C15H17N3O2. The molecule has 1 atom stereocenters. The number of nitrogens with one attached hydrogen (secondary N) is 1. The van der Waals surface area contributed by atoms with Gasteiger partial charge in [-0.15, -0.1) is 0 Å². The van der Waals surface area contributed by atoms with Crippen LogP contribution in [0.5, 0.6) is 11.5 Å². The summed E-state index contributed by atoms with van der Waals surface area (Å²) >= 11 is 0. The fourth-order valence-electron chi connectivity index (χ4n) is 3.03. The highest BCUT2D eigenvalue weighted by Crippen LogP contribution is 2.38. The van der Waals surface area contributed by atoms with Crippen molar-refractivity contribution in [3.05, 3.63) is 41.2 Å². The zero-order valence-electron chi connectivity index (χ0n) is 11.4. The predicted molar refractivity (Wildman–Crippen MR) is 73.9 cm³/mol. The highest BCUT2D eigenvalue weighted by molar-refractivity contribution is 5.50. The van der Waals surface area contributed by atoms with Gasteiger partial charge in [0.1, 0.15) is 0 Å². The second kappa shape index (κ2) is 4.52. The summed E-state index contributed by atoms with van der Waals surface area (Å²) < 4.78 is 12.8. The van der Waals surface area contributed by atoms with E-state index in [-0.39, 0.29) is 0 Å². The van der Waals surface area contributed by atoms with Gasteiger partial charge in [0.05, 0.1) is 6.20 Å². The van der Waals surface area contributed by atoms with E-state index in [4.69, 9.17) is 9.47 Å². The molecule has 0 bridgehead atoms. The van der Waals surface area contributed by atoms with E-state index in [1.54, 1.807) is 0 Å². The normalized spacial score (nSPS) is 19.9. The first kappa shape index (κ1) is 11.8. The molecule has 20 heavy (non-hydrogen) atoms. The first-order valence-corrected chi connectivity index (χ1v) is 6.93. The molecule has 0 aliphatic carbocycles. The highest BCUT2D eigenvalue weighted by atomic mass is 16.7. The molecule has 0 saturated heterocycles. The third-order valence-electron chi connectivity index (χ3n) is 3.99. The summed E-state index contributed by atoms with van der Waals surface area (Å²) in [7, 11) is 1.95. The molecule has 1 aromatic carbocycles. The third kappa shape index (κ3) is 1.94. The first-order valence-electron chi connectivity index (χ1n) is 6.93. The van der Waals surface area contributed by atoms with Crippen LogP contribution < -0.4 is 14.8 Å². The van der Waals surface area contributed by atoms with Crippen molar-refractivity contribution in [3.63, 3.8) is 0 Å². The number of rotatable bonds is 2. The lowest BCUT2D eigenvalue weighted by atomic mass is 9.90. The number of hydrogen-bond acceptors (Lipinski definition) is 4. The summed E-state index contributed by atoms with van der Waals surface area (Å²) in [4.78, 5) is 0. The van der Waals surface area contributed by atoms with Gasteiger partial charge in [-0.05, 0) is 48.2 Å². The summed E-state index contributed by atoms with van der Waals surface area (Å²) in [5, 5.41) is 7.83. The Morgan fingerprint density at radius 1 is 1.35 bits per heavy atom. The number of nitrogens with zero attached hydrogens (tertiary/aromatic N) is 2. The molecule has 2 aliphatic rings. The second-order valence-electron chi connectivity index (χ2n) is 5.39. The van der Waals surface area contributed by atoms with Gasteiger partial charge in [-0.3, -0.25) is 4.68 Å². The Bertz CT molecular complexity index is 651. The van der Waals surface area contributed by atoms with Crippen LogP contribution in [-0.4, -0.2) is 23.1 Å². The summed E-state index contributed by atoms with van der Waals surface area (Å²) in [6.45, 7) is 1.33. The van der Waals surface area contributed by atoms with E-state index in [2.05, 4.69) is 28.7 Å². The molecule has 0 fully saturated rings. The molecular weight excluding hydrogens is 254 g/mol. The molecule has 4 rings (SSSR count).